The normalized spacial score (nSPS) is 23.4. The number of rotatable bonds is 4. The zero-order chi connectivity index (χ0) is 20.9. The molecule has 0 aromatic carbocycles. The number of hydrogen-bond donors (Lipinski definition) is 1. The summed E-state index contributed by atoms with van der Waals surface area (Å²) in [5, 5.41) is 10.9. The molecule has 0 bridgehead atoms. The number of allylic oxidation sites excluding steroid dienone is 4. The van der Waals surface area contributed by atoms with Crippen molar-refractivity contribution in [2.45, 2.75) is 46.0 Å². The molecule has 0 saturated carbocycles. The lowest BCUT2D eigenvalue weighted by atomic mass is 10.1. The van der Waals surface area contributed by atoms with Crippen LogP contribution in [0.15, 0.2) is 33.0 Å². The number of imidazole rings is 1. The van der Waals surface area contributed by atoms with Crippen LogP contribution in [0.25, 0.3) is 0 Å². The molecule has 154 valence electrons. The van der Waals surface area contributed by atoms with Crippen molar-refractivity contribution in [3.63, 3.8) is 0 Å². The van der Waals surface area contributed by atoms with Crippen molar-refractivity contribution in [2.75, 3.05) is 18.0 Å². The van der Waals surface area contributed by atoms with Crippen molar-refractivity contribution in [3.05, 3.63) is 33.7 Å². The molecule has 3 heterocycles. The van der Waals surface area contributed by atoms with Gasteiger partial charge in [-0.3, -0.25) is 9.47 Å². The van der Waals surface area contributed by atoms with E-state index in [2.05, 4.69) is 46.6 Å². The molecule has 1 N–H and O–H groups in total. The first-order valence-corrected chi connectivity index (χ1v) is 10.4. The second kappa shape index (κ2) is 7.58. The molecule has 4 rings (SSSR count). The first-order chi connectivity index (χ1) is 13.8. The molecule has 0 fully saturated rings. The maximum atomic E-state index is 14.5. The van der Waals surface area contributed by atoms with Crippen LogP contribution >= 0.6 is 15.9 Å². The number of anilines is 1. The fraction of sp³-hybridized carbons (Fsp3) is 0.500. The molecule has 6 nitrogen and oxygen atoms in total. The smallest absolute Gasteiger partial charge is 0.205 e. The van der Waals surface area contributed by atoms with Crippen LogP contribution in [0.5, 0.6) is 0 Å². The summed E-state index contributed by atoms with van der Waals surface area (Å²) in [5.74, 6) is 5.76. The maximum absolute atomic E-state index is 14.5. The van der Waals surface area contributed by atoms with Crippen LogP contribution in [0.4, 0.5) is 14.6 Å². The first-order valence-electron chi connectivity index (χ1n) is 9.61. The van der Waals surface area contributed by atoms with Crippen molar-refractivity contribution in [2.24, 2.45) is 10.9 Å². The minimum atomic E-state index is -0.954. The molecule has 0 saturated heterocycles. The Labute approximate surface area is 176 Å². The zero-order valence-corrected chi connectivity index (χ0v) is 18.0. The summed E-state index contributed by atoms with van der Waals surface area (Å²) in [6.45, 7) is 7.45. The van der Waals surface area contributed by atoms with Gasteiger partial charge in [-0.15, -0.1) is 0 Å². The average molecular weight is 466 g/mol. The van der Waals surface area contributed by atoms with Gasteiger partial charge in [-0.05, 0) is 28.8 Å². The van der Waals surface area contributed by atoms with E-state index in [9.17, 15) is 13.9 Å². The fourth-order valence-electron chi connectivity index (χ4n) is 3.75. The Bertz CT molecular complexity index is 1000. The molecule has 9 heteroatoms. The molecule has 1 aromatic rings. The van der Waals surface area contributed by atoms with Crippen LogP contribution in [0, 0.1) is 17.8 Å². The molecule has 0 amide bonds. The topological polar surface area (TPSA) is 56.9 Å². The monoisotopic (exact) mass is 465 g/mol. The number of aliphatic imine (C=N–C) groups is 1. The standard InChI is InChI=1S/C20H22BrF2N5O/c1-4-26-18(29)16-17(28-10-15(11(2)3)24-20(26)28)27(19(21)25-16)9-12-6-5-7-13(22)8-14(12)23/h8,11,15,18,29H,4,7,9-10H2,1-3H3/t15-,18?/m0/s1. The highest BCUT2D eigenvalue weighted by Crippen LogP contribution is 2.40. The third kappa shape index (κ3) is 3.38. The summed E-state index contributed by atoms with van der Waals surface area (Å²) < 4.78 is 30.2. The van der Waals surface area contributed by atoms with Gasteiger partial charge in [-0.1, -0.05) is 25.7 Å². The summed E-state index contributed by atoms with van der Waals surface area (Å²) in [6, 6.07) is 0.0741. The van der Waals surface area contributed by atoms with Crippen molar-refractivity contribution in [1.82, 2.24) is 14.5 Å². The number of hydrogen-bond acceptors (Lipinski definition) is 5. The molecule has 0 radical (unpaired) electrons. The molecule has 1 unspecified atom stereocenters. The molecule has 1 aliphatic carbocycles. The van der Waals surface area contributed by atoms with Crippen LogP contribution in [-0.2, 0) is 6.54 Å². The Balaban J connectivity index is 1.80. The lowest BCUT2D eigenvalue weighted by molar-refractivity contribution is 0.0481. The van der Waals surface area contributed by atoms with E-state index in [0.29, 0.717) is 41.2 Å². The van der Waals surface area contributed by atoms with Crippen LogP contribution in [0.2, 0.25) is 0 Å². The van der Waals surface area contributed by atoms with Gasteiger partial charge in [0.2, 0.25) is 5.96 Å². The van der Waals surface area contributed by atoms with Gasteiger partial charge < -0.3 is 10.0 Å². The van der Waals surface area contributed by atoms with Crippen LogP contribution in [-0.4, -0.2) is 44.6 Å². The van der Waals surface area contributed by atoms with Crippen LogP contribution in [0.3, 0.4) is 0 Å². The van der Waals surface area contributed by atoms with Crippen LogP contribution in [0.1, 0.15) is 39.1 Å². The van der Waals surface area contributed by atoms with Crippen LogP contribution < -0.4 is 4.90 Å². The van der Waals surface area contributed by atoms with Gasteiger partial charge in [0.1, 0.15) is 23.2 Å². The summed E-state index contributed by atoms with van der Waals surface area (Å²) in [6.07, 6.45) is -0.196. The van der Waals surface area contributed by atoms with Gasteiger partial charge in [-0.25, -0.2) is 18.8 Å². The zero-order valence-electron chi connectivity index (χ0n) is 16.5. The molecular weight excluding hydrogens is 444 g/mol. The predicted molar refractivity (Wildman–Crippen MR) is 110 cm³/mol. The van der Waals surface area contributed by atoms with Gasteiger partial charge >= 0.3 is 0 Å². The van der Waals surface area contributed by atoms with E-state index < -0.39 is 17.9 Å². The molecule has 2 atom stereocenters. The van der Waals surface area contributed by atoms with Crippen molar-refractivity contribution >= 4 is 27.7 Å². The second-order valence-electron chi connectivity index (χ2n) is 7.58. The number of nitrogens with zero attached hydrogens (tertiary/aromatic N) is 5. The average Bonchev–Trinajstić information content (AvgIpc) is 3.18. The van der Waals surface area contributed by atoms with Gasteiger partial charge in [0, 0.05) is 12.6 Å². The lowest BCUT2D eigenvalue weighted by Crippen LogP contribution is -2.49. The van der Waals surface area contributed by atoms with E-state index in [0.717, 1.165) is 6.08 Å². The van der Waals surface area contributed by atoms with Gasteiger partial charge in [0.15, 0.2) is 11.0 Å². The second-order valence-corrected chi connectivity index (χ2v) is 8.29. The number of halogens is 3. The fourth-order valence-corrected chi connectivity index (χ4v) is 4.23. The summed E-state index contributed by atoms with van der Waals surface area (Å²) in [7, 11) is 0. The van der Waals surface area contributed by atoms with E-state index in [1.54, 1.807) is 9.47 Å². The van der Waals surface area contributed by atoms with Crippen molar-refractivity contribution in [1.29, 1.82) is 0 Å². The number of aliphatic hydroxyl groups is 1. The first kappa shape index (κ1) is 20.1. The van der Waals surface area contributed by atoms with E-state index in [1.165, 1.54) is 0 Å². The van der Waals surface area contributed by atoms with E-state index >= 15 is 0 Å². The molecule has 29 heavy (non-hydrogen) atoms. The predicted octanol–water partition coefficient (Wildman–Crippen LogP) is 3.66. The van der Waals surface area contributed by atoms with Gasteiger partial charge in [-0.2, -0.15) is 0 Å². The molecule has 0 spiro atoms. The Kier molecular flexibility index (Phi) is 5.25. The van der Waals surface area contributed by atoms with Crippen molar-refractivity contribution in [3.8, 4) is 11.8 Å². The van der Waals surface area contributed by atoms with Gasteiger partial charge in [0.25, 0.3) is 0 Å². The Morgan fingerprint density at radius 2 is 2.14 bits per heavy atom. The quantitative estimate of drug-likeness (QED) is 0.689. The molecule has 3 aliphatic rings. The third-order valence-electron chi connectivity index (χ3n) is 5.36. The number of guanidine groups is 1. The summed E-state index contributed by atoms with van der Waals surface area (Å²) in [5.41, 5.74) is 0.649. The summed E-state index contributed by atoms with van der Waals surface area (Å²) >= 11 is 3.44. The maximum Gasteiger partial charge on any atom is 0.205 e. The highest BCUT2D eigenvalue weighted by molar-refractivity contribution is 9.10. The highest BCUT2D eigenvalue weighted by Gasteiger charge is 2.43. The SMILES string of the molecule is CCN1C2=N[C@H](C(C)C)CN2c2c(nc(Br)n2CC2=C(F)C=C(F)CC#C2)C1O. The Hall–Kier alpha value is -2.18. The third-order valence-corrected chi connectivity index (χ3v) is 5.96. The lowest BCUT2D eigenvalue weighted by Gasteiger charge is -2.38. The summed E-state index contributed by atoms with van der Waals surface area (Å²) in [4.78, 5) is 13.1. The Morgan fingerprint density at radius 3 is 2.83 bits per heavy atom. The van der Waals surface area contributed by atoms with E-state index in [-0.39, 0.29) is 24.6 Å². The van der Waals surface area contributed by atoms with Gasteiger partial charge in [0.05, 0.1) is 31.1 Å². The molecular formula is C20H22BrF2N5O. The minimum Gasteiger partial charge on any atom is -0.368 e. The van der Waals surface area contributed by atoms with Crippen molar-refractivity contribution < 1.29 is 13.9 Å². The number of fused-ring (bicyclic) bond motifs is 3. The largest absolute Gasteiger partial charge is 0.368 e. The number of aromatic nitrogens is 2. The molecule has 2 aliphatic heterocycles. The van der Waals surface area contributed by atoms with E-state index in [1.807, 2.05) is 11.8 Å². The Morgan fingerprint density at radius 1 is 1.38 bits per heavy atom. The van der Waals surface area contributed by atoms with E-state index in [4.69, 9.17) is 4.99 Å². The number of aliphatic hydroxyl groups excluding tert-OH is 1. The highest BCUT2D eigenvalue weighted by atomic mass is 79.9. The molecule has 1 aromatic heterocycles. The minimum absolute atomic E-state index is 0.0699.